The highest BCUT2D eigenvalue weighted by molar-refractivity contribution is 7.13. The molecule has 124 valence electrons. The Morgan fingerprint density at radius 3 is 2.96 bits per heavy atom. The van der Waals surface area contributed by atoms with Crippen LogP contribution >= 0.6 is 11.3 Å². The van der Waals surface area contributed by atoms with Crippen LogP contribution in [0.25, 0.3) is 16.5 Å². The van der Waals surface area contributed by atoms with Crippen LogP contribution in [-0.2, 0) is 11.3 Å². The van der Waals surface area contributed by atoms with Crippen LogP contribution in [0.1, 0.15) is 17.1 Å². The first-order valence-electron chi connectivity index (χ1n) is 7.72. The fraction of sp³-hybridized carbons (Fsp3) is 0.222. The molecule has 0 spiro atoms. The number of nitrogens with one attached hydrogen (secondary N) is 1. The number of thiophene rings is 1. The van der Waals surface area contributed by atoms with Crippen molar-refractivity contribution < 1.29 is 9.21 Å². The third-order valence-corrected chi connectivity index (χ3v) is 4.60. The number of nitrogens with zero attached hydrogens (tertiary/aromatic N) is 2. The summed E-state index contributed by atoms with van der Waals surface area (Å²) in [7, 11) is 0. The number of carbonyl (C=O) groups excluding carboxylic acids is 1. The topological polar surface area (TPSA) is 60.1 Å². The summed E-state index contributed by atoms with van der Waals surface area (Å²) in [4.78, 5) is 13.0. The number of hydrogen-bond acceptors (Lipinski definition) is 4. The third-order valence-electron chi connectivity index (χ3n) is 3.71. The molecule has 3 rings (SSSR count). The van der Waals surface area contributed by atoms with Crippen LogP contribution in [0.3, 0.4) is 0 Å². The molecule has 0 aliphatic heterocycles. The zero-order chi connectivity index (χ0) is 16.9. The largest absolute Gasteiger partial charge is 0.465 e. The number of amides is 1. The average Bonchev–Trinajstić information content (AvgIpc) is 3.28. The van der Waals surface area contributed by atoms with Crippen LogP contribution < -0.4 is 5.32 Å². The van der Waals surface area contributed by atoms with Crippen LogP contribution in [0.2, 0.25) is 0 Å². The SMILES string of the molecule is Cc1nn(CCNC(=O)C=Cc2ccco2)c(C)c1-c1cccs1. The molecule has 0 saturated carbocycles. The Bertz CT molecular complexity index is 830. The first kappa shape index (κ1) is 16.3. The van der Waals surface area contributed by atoms with Gasteiger partial charge in [0.2, 0.25) is 5.91 Å². The molecule has 24 heavy (non-hydrogen) atoms. The van der Waals surface area contributed by atoms with Gasteiger partial charge in [-0.25, -0.2) is 0 Å². The lowest BCUT2D eigenvalue weighted by atomic mass is 10.1. The monoisotopic (exact) mass is 341 g/mol. The summed E-state index contributed by atoms with van der Waals surface area (Å²) in [5.74, 6) is 0.510. The van der Waals surface area contributed by atoms with Gasteiger partial charge in [-0.1, -0.05) is 6.07 Å². The second kappa shape index (κ2) is 7.31. The van der Waals surface area contributed by atoms with Crippen molar-refractivity contribution in [2.24, 2.45) is 0 Å². The van der Waals surface area contributed by atoms with E-state index in [0.29, 0.717) is 18.8 Å². The number of carbonyl (C=O) groups is 1. The quantitative estimate of drug-likeness (QED) is 0.696. The van der Waals surface area contributed by atoms with Gasteiger partial charge >= 0.3 is 0 Å². The van der Waals surface area contributed by atoms with Crippen LogP contribution in [-0.4, -0.2) is 22.2 Å². The molecule has 0 saturated heterocycles. The van der Waals surface area contributed by atoms with Crippen molar-refractivity contribution in [2.45, 2.75) is 20.4 Å². The van der Waals surface area contributed by atoms with E-state index < -0.39 is 0 Å². The number of hydrogen-bond donors (Lipinski definition) is 1. The minimum absolute atomic E-state index is 0.147. The van der Waals surface area contributed by atoms with E-state index in [1.165, 1.54) is 16.5 Å². The van der Waals surface area contributed by atoms with Crippen LogP contribution in [0.5, 0.6) is 0 Å². The zero-order valence-electron chi connectivity index (χ0n) is 13.7. The molecule has 0 radical (unpaired) electrons. The Balaban J connectivity index is 1.57. The van der Waals surface area contributed by atoms with Crippen molar-refractivity contribution in [1.82, 2.24) is 15.1 Å². The predicted molar refractivity (Wildman–Crippen MR) is 95.8 cm³/mol. The summed E-state index contributed by atoms with van der Waals surface area (Å²) < 4.78 is 7.09. The van der Waals surface area contributed by atoms with Crippen LogP contribution in [0, 0.1) is 13.8 Å². The first-order valence-corrected chi connectivity index (χ1v) is 8.60. The standard InChI is InChI=1S/C18H19N3O2S/c1-13-18(16-6-4-12-24-16)14(2)21(20-13)10-9-19-17(22)8-7-15-5-3-11-23-15/h3-8,11-12H,9-10H2,1-2H3,(H,19,22). The molecule has 6 heteroatoms. The van der Waals surface area contributed by atoms with Gasteiger partial charge in [-0.3, -0.25) is 9.48 Å². The smallest absolute Gasteiger partial charge is 0.244 e. The number of aromatic nitrogens is 2. The summed E-state index contributed by atoms with van der Waals surface area (Å²) in [6.45, 7) is 5.24. The number of furan rings is 1. The lowest BCUT2D eigenvalue weighted by molar-refractivity contribution is -0.116. The van der Waals surface area contributed by atoms with Crippen molar-refractivity contribution in [3.63, 3.8) is 0 Å². The first-order chi connectivity index (χ1) is 11.6. The molecule has 1 amide bonds. The molecular weight excluding hydrogens is 322 g/mol. The van der Waals surface area contributed by atoms with Crippen LogP contribution in [0.15, 0.2) is 46.4 Å². The van der Waals surface area contributed by atoms with Crippen molar-refractivity contribution in [1.29, 1.82) is 0 Å². The average molecular weight is 341 g/mol. The van der Waals surface area contributed by atoms with Crippen molar-refractivity contribution in [3.05, 3.63) is 59.1 Å². The van der Waals surface area contributed by atoms with Gasteiger partial charge in [-0.15, -0.1) is 11.3 Å². The highest BCUT2D eigenvalue weighted by Crippen LogP contribution is 2.30. The summed E-state index contributed by atoms with van der Waals surface area (Å²) >= 11 is 1.71. The van der Waals surface area contributed by atoms with E-state index in [-0.39, 0.29) is 5.91 Å². The third kappa shape index (κ3) is 3.65. The van der Waals surface area contributed by atoms with Gasteiger partial charge in [0.15, 0.2) is 0 Å². The van der Waals surface area contributed by atoms with E-state index >= 15 is 0 Å². The summed E-state index contributed by atoms with van der Waals surface area (Å²) in [5, 5.41) is 9.51. The van der Waals surface area contributed by atoms with Gasteiger partial charge in [0.25, 0.3) is 0 Å². The Labute approximate surface area is 144 Å². The molecule has 0 fully saturated rings. The molecule has 3 aromatic heterocycles. The fourth-order valence-corrected chi connectivity index (χ4v) is 3.45. The molecule has 0 aliphatic rings. The second-order valence-corrected chi connectivity index (χ2v) is 6.33. The summed E-state index contributed by atoms with van der Waals surface area (Å²) in [6.07, 6.45) is 4.69. The molecule has 1 N–H and O–H groups in total. The van der Waals surface area contributed by atoms with E-state index in [1.54, 1.807) is 35.8 Å². The lowest BCUT2D eigenvalue weighted by Gasteiger charge is -2.05. The van der Waals surface area contributed by atoms with E-state index in [2.05, 4.69) is 28.8 Å². The zero-order valence-corrected chi connectivity index (χ0v) is 14.5. The van der Waals surface area contributed by atoms with Crippen molar-refractivity contribution >= 4 is 23.3 Å². The normalized spacial score (nSPS) is 11.2. The molecule has 3 heterocycles. The Hall–Kier alpha value is -2.60. The Kier molecular flexibility index (Phi) is 4.96. The number of rotatable bonds is 6. The van der Waals surface area contributed by atoms with Crippen molar-refractivity contribution in [3.8, 4) is 10.4 Å². The van der Waals surface area contributed by atoms with E-state index in [1.807, 2.05) is 17.7 Å². The van der Waals surface area contributed by atoms with E-state index in [9.17, 15) is 4.79 Å². The van der Waals surface area contributed by atoms with Crippen LogP contribution in [0.4, 0.5) is 0 Å². The molecule has 0 aromatic carbocycles. The summed E-state index contributed by atoms with van der Waals surface area (Å²) in [6, 6.07) is 7.73. The molecule has 0 unspecified atom stereocenters. The summed E-state index contributed by atoms with van der Waals surface area (Å²) in [5.41, 5.74) is 3.32. The predicted octanol–water partition coefficient (Wildman–Crippen LogP) is 3.65. The molecule has 3 aromatic rings. The molecule has 0 aliphatic carbocycles. The molecule has 5 nitrogen and oxygen atoms in total. The maximum Gasteiger partial charge on any atom is 0.244 e. The van der Waals surface area contributed by atoms with Gasteiger partial charge in [-0.2, -0.15) is 5.10 Å². The minimum Gasteiger partial charge on any atom is -0.465 e. The molecule has 0 bridgehead atoms. The van der Waals surface area contributed by atoms with E-state index in [0.717, 1.165) is 11.4 Å². The highest BCUT2D eigenvalue weighted by Gasteiger charge is 2.13. The second-order valence-electron chi connectivity index (χ2n) is 5.39. The maximum absolute atomic E-state index is 11.8. The Morgan fingerprint density at radius 1 is 1.38 bits per heavy atom. The van der Waals surface area contributed by atoms with Crippen molar-refractivity contribution in [2.75, 3.05) is 6.54 Å². The molecular formula is C18H19N3O2S. The fourth-order valence-electron chi connectivity index (χ4n) is 2.58. The van der Waals surface area contributed by atoms with Gasteiger partial charge in [0.05, 0.1) is 18.5 Å². The maximum atomic E-state index is 11.8. The Morgan fingerprint density at radius 2 is 2.25 bits per heavy atom. The molecule has 0 atom stereocenters. The highest BCUT2D eigenvalue weighted by atomic mass is 32.1. The van der Waals surface area contributed by atoms with Gasteiger partial charge < -0.3 is 9.73 Å². The lowest BCUT2D eigenvalue weighted by Crippen LogP contribution is -2.26. The van der Waals surface area contributed by atoms with Gasteiger partial charge in [0.1, 0.15) is 5.76 Å². The minimum atomic E-state index is -0.147. The van der Waals surface area contributed by atoms with E-state index in [4.69, 9.17) is 4.42 Å². The van der Waals surface area contributed by atoms with Gasteiger partial charge in [0, 0.05) is 28.8 Å². The van der Waals surface area contributed by atoms with Gasteiger partial charge in [-0.05, 0) is 43.5 Å². The number of aryl methyl sites for hydroxylation is 1.